The minimum absolute atomic E-state index is 0.0541. The Morgan fingerprint density at radius 2 is 2.11 bits per heavy atom. The number of aryl methyl sites for hydroxylation is 1. The predicted molar refractivity (Wildman–Crippen MR) is 71.5 cm³/mol. The van der Waals surface area contributed by atoms with E-state index in [0.717, 1.165) is 42.9 Å². The minimum atomic E-state index is -0.105. The van der Waals surface area contributed by atoms with Crippen LogP contribution in [0.5, 0.6) is 0 Å². The van der Waals surface area contributed by atoms with Crippen molar-refractivity contribution in [2.75, 3.05) is 18.5 Å². The van der Waals surface area contributed by atoms with Gasteiger partial charge in [-0.25, -0.2) is 4.98 Å². The van der Waals surface area contributed by atoms with Crippen LogP contribution >= 0.6 is 0 Å². The standard InChI is InChI=1S/C14H22N2O2/c1-3-12-4-11(9-17)7-14(15-12)16(2)8-10-5-13(18)6-10/h4,7,10,13,17-18H,3,5-6,8-9H2,1-2H3. The van der Waals surface area contributed by atoms with E-state index in [0.29, 0.717) is 5.92 Å². The Kier molecular flexibility index (Phi) is 4.19. The summed E-state index contributed by atoms with van der Waals surface area (Å²) in [6.45, 7) is 3.04. The molecule has 0 unspecified atom stereocenters. The van der Waals surface area contributed by atoms with Crippen LogP contribution in [0.4, 0.5) is 5.82 Å². The summed E-state index contributed by atoms with van der Waals surface area (Å²) in [4.78, 5) is 6.70. The molecule has 1 aromatic rings. The molecule has 0 amide bonds. The van der Waals surface area contributed by atoms with Crippen LogP contribution in [-0.4, -0.2) is 34.9 Å². The molecule has 1 aliphatic carbocycles. The molecule has 4 heteroatoms. The molecule has 0 radical (unpaired) electrons. The normalized spacial score (nSPS) is 22.7. The molecule has 1 saturated carbocycles. The van der Waals surface area contributed by atoms with Crippen molar-refractivity contribution in [2.24, 2.45) is 5.92 Å². The van der Waals surface area contributed by atoms with Crippen LogP contribution in [0.1, 0.15) is 31.0 Å². The van der Waals surface area contributed by atoms with Crippen LogP contribution in [-0.2, 0) is 13.0 Å². The average Bonchev–Trinajstić information content (AvgIpc) is 2.36. The van der Waals surface area contributed by atoms with E-state index in [1.54, 1.807) is 0 Å². The molecule has 0 spiro atoms. The molecule has 18 heavy (non-hydrogen) atoms. The van der Waals surface area contributed by atoms with Gasteiger partial charge in [-0.3, -0.25) is 0 Å². The van der Waals surface area contributed by atoms with E-state index in [1.807, 2.05) is 19.2 Å². The largest absolute Gasteiger partial charge is 0.393 e. The molecular formula is C14H22N2O2. The van der Waals surface area contributed by atoms with Crippen molar-refractivity contribution in [3.05, 3.63) is 23.4 Å². The highest BCUT2D eigenvalue weighted by Crippen LogP contribution is 2.28. The lowest BCUT2D eigenvalue weighted by molar-refractivity contribution is 0.0464. The minimum Gasteiger partial charge on any atom is -0.393 e. The van der Waals surface area contributed by atoms with Crippen molar-refractivity contribution >= 4 is 5.82 Å². The lowest BCUT2D eigenvalue weighted by Crippen LogP contribution is -2.37. The van der Waals surface area contributed by atoms with E-state index in [9.17, 15) is 10.2 Å². The number of pyridine rings is 1. The Bertz CT molecular complexity index is 381. The van der Waals surface area contributed by atoms with E-state index < -0.39 is 0 Å². The van der Waals surface area contributed by atoms with E-state index in [1.165, 1.54) is 0 Å². The van der Waals surface area contributed by atoms with Crippen molar-refractivity contribution in [3.63, 3.8) is 0 Å². The number of rotatable bonds is 5. The molecule has 0 saturated heterocycles. The number of hydrogen-bond donors (Lipinski definition) is 2. The highest BCUT2D eigenvalue weighted by atomic mass is 16.3. The Labute approximate surface area is 108 Å². The zero-order valence-corrected chi connectivity index (χ0v) is 11.1. The molecular weight excluding hydrogens is 228 g/mol. The molecule has 1 aromatic heterocycles. The maximum Gasteiger partial charge on any atom is 0.128 e. The van der Waals surface area contributed by atoms with Gasteiger partial charge in [-0.15, -0.1) is 0 Å². The van der Waals surface area contributed by atoms with Gasteiger partial charge in [-0.05, 0) is 42.9 Å². The van der Waals surface area contributed by atoms with Crippen LogP contribution in [0.3, 0.4) is 0 Å². The van der Waals surface area contributed by atoms with Crippen LogP contribution in [0.2, 0.25) is 0 Å². The van der Waals surface area contributed by atoms with Gasteiger partial charge in [-0.1, -0.05) is 6.92 Å². The third-order valence-corrected chi connectivity index (χ3v) is 3.60. The summed E-state index contributed by atoms with van der Waals surface area (Å²) in [6.07, 6.45) is 2.55. The second-order valence-corrected chi connectivity index (χ2v) is 5.21. The zero-order chi connectivity index (χ0) is 13.1. The second-order valence-electron chi connectivity index (χ2n) is 5.21. The molecule has 2 rings (SSSR count). The first kappa shape index (κ1) is 13.3. The monoisotopic (exact) mass is 250 g/mol. The van der Waals surface area contributed by atoms with Crippen LogP contribution in [0.15, 0.2) is 12.1 Å². The van der Waals surface area contributed by atoms with Gasteiger partial charge in [0.05, 0.1) is 12.7 Å². The summed E-state index contributed by atoms with van der Waals surface area (Å²) in [7, 11) is 2.02. The smallest absolute Gasteiger partial charge is 0.128 e. The molecule has 1 heterocycles. The highest BCUT2D eigenvalue weighted by molar-refractivity contribution is 5.42. The van der Waals surface area contributed by atoms with Gasteiger partial charge in [0.15, 0.2) is 0 Å². The first-order valence-corrected chi connectivity index (χ1v) is 6.62. The average molecular weight is 250 g/mol. The summed E-state index contributed by atoms with van der Waals surface area (Å²) < 4.78 is 0. The Morgan fingerprint density at radius 1 is 1.39 bits per heavy atom. The highest BCUT2D eigenvalue weighted by Gasteiger charge is 2.28. The zero-order valence-electron chi connectivity index (χ0n) is 11.1. The summed E-state index contributed by atoms with van der Waals surface area (Å²) in [5, 5.41) is 18.6. The van der Waals surface area contributed by atoms with Gasteiger partial charge in [0.2, 0.25) is 0 Å². The third-order valence-electron chi connectivity index (χ3n) is 3.60. The number of aromatic nitrogens is 1. The summed E-state index contributed by atoms with van der Waals surface area (Å²) in [5.41, 5.74) is 1.93. The molecule has 0 bridgehead atoms. The van der Waals surface area contributed by atoms with Crippen LogP contribution in [0, 0.1) is 5.92 Å². The van der Waals surface area contributed by atoms with Crippen LogP contribution in [0.25, 0.3) is 0 Å². The molecule has 1 aliphatic rings. The maximum absolute atomic E-state index is 9.30. The van der Waals surface area contributed by atoms with Crippen molar-refractivity contribution in [1.82, 2.24) is 4.98 Å². The molecule has 100 valence electrons. The maximum atomic E-state index is 9.30. The van der Waals surface area contributed by atoms with Crippen molar-refractivity contribution < 1.29 is 10.2 Å². The van der Waals surface area contributed by atoms with Crippen molar-refractivity contribution in [1.29, 1.82) is 0 Å². The number of anilines is 1. The van der Waals surface area contributed by atoms with E-state index >= 15 is 0 Å². The Balaban J connectivity index is 2.06. The molecule has 2 N–H and O–H groups in total. The number of aliphatic hydroxyl groups excluding tert-OH is 2. The van der Waals surface area contributed by atoms with Gasteiger partial charge in [0, 0.05) is 19.3 Å². The second kappa shape index (κ2) is 5.67. The van der Waals surface area contributed by atoms with Gasteiger partial charge < -0.3 is 15.1 Å². The third kappa shape index (κ3) is 3.00. The van der Waals surface area contributed by atoms with E-state index in [4.69, 9.17) is 0 Å². The van der Waals surface area contributed by atoms with E-state index in [2.05, 4.69) is 16.8 Å². The van der Waals surface area contributed by atoms with Crippen LogP contribution < -0.4 is 4.90 Å². The quantitative estimate of drug-likeness (QED) is 0.828. The first-order chi connectivity index (χ1) is 8.62. The van der Waals surface area contributed by atoms with Gasteiger partial charge >= 0.3 is 0 Å². The molecule has 0 aromatic carbocycles. The van der Waals surface area contributed by atoms with Crippen molar-refractivity contribution in [3.8, 4) is 0 Å². The topological polar surface area (TPSA) is 56.6 Å². The summed E-state index contributed by atoms with van der Waals surface area (Å²) >= 11 is 0. The van der Waals surface area contributed by atoms with Crippen molar-refractivity contribution in [2.45, 2.75) is 38.9 Å². The molecule has 0 atom stereocenters. The van der Waals surface area contributed by atoms with Gasteiger partial charge in [0.1, 0.15) is 5.82 Å². The fraction of sp³-hybridized carbons (Fsp3) is 0.643. The number of aliphatic hydroxyl groups is 2. The fourth-order valence-corrected chi connectivity index (χ4v) is 2.43. The lowest BCUT2D eigenvalue weighted by Gasteiger charge is -2.35. The van der Waals surface area contributed by atoms with Gasteiger partial charge in [0.25, 0.3) is 0 Å². The Morgan fingerprint density at radius 3 is 2.67 bits per heavy atom. The SMILES string of the molecule is CCc1cc(CO)cc(N(C)CC2CC(O)C2)n1. The number of hydrogen-bond acceptors (Lipinski definition) is 4. The fourth-order valence-electron chi connectivity index (χ4n) is 2.43. The molecule has 1 fully saturated rings. The lowest BCUT2D eigenvalue weighted by atomic mass is 9.82. The molecule has 4 nitrogen and oxygen atoms in total. The predicted octanol–water partition coefficient (Wildman–Crippen LogP) is 1.34. The van der Waals surface area contributed by atoms with Gasteiger partial charge in [-0.2, -0.15) is 0 Å². The summed E-state index contributed by atoms with van der Waals surface area (Å²) in [6, 6.07) is 3.89. The molecule has 0 aliphatic heterocycles. The van der Waals surface area contributed by atoms with E-state index in [-0.39, 0.29) is 12.7 Å². The first-order valence-electron chi connectivity index (χ1n) is 6.62. The number of nitrogens with zero attached hydrogens (tertiary/aromatic N) is 2. The Hall–Kier alpha value is -1.13. The summed E-state index contributed by atoms with van der Waals surface area (Å²) in [5.74, 6) is 1.48.